The standard InChI is InChI=1S/C28H43N2O2/c1-21(2)24-19-28(32)14-7-5-3-4-6-8-15-29-17-13-25(24)27(20-29)18-22-11-12-23(31)10-9-16-30(22)26(27)28/h3,5,19,21,25-26,32H,4,6-18,20H2,1-2H3/q+1/b5-3-/t25-,26-,27-,28-/m1/s1. The SMILES string of the molecule is CC(C)C1=C[C@]2(O)CC/C=C\CCCCN3CC[C@H]1[C@@]1(CC4=[N+](CCCC(=O)CC4)[C@H]12)C3. The van der Waals surface area contributed by atoms with Gasteiger partial charge in [-0.3, -0.25) is 4.79 Å². The lowest BCUT2D eigenvalue weighted by Crippen LogP contribution is -2.65. The Morgan fingerprint density at radius 3 is 2.78 bits per heavy atom. The fourth-order valence-electron chi connectivity index (χ4n) is 7.96. The summed E-state index contributed by atoms with van der Waals surface area (Å²) < 4.78 is 2.62. The van der Waals surface area contributed by atoms with Gasteiger partial charge in [0.05, 0.1) is 5.41 Å². The number of piperidine rings is 1. The van der Waals surface area contributed by atoms with Gasteiger partial charge in [0.25, 0.3) is 0 Å². The minimum Gasteiger partial charge on any atom is -0.379 e. The van der Waals surface area contributed by atoms with Crippen molar-refractivity contribution in [1.82, 2.24) is 4.90 Å². The Bertz CT molecular complexity index is 840. The fourth-order valence-corrected chi connectivity index (χ4v) is 7.96. The van der Waals surface area contributed by atoms with Gasteiger partial charge in [-0.15, -0.1) is 0 Å². The topological polar surface area (TPSA) is 43.5 Å². The molecule has 4 nitrogen and oxygen atoms in total. The van der Waals surface area contributed by atoms with Crippen LogP contribution < -0.4 is 0 Å². The van der Waals surface area contributed by atoms with E-state index in [2.05, 4.69) is 41.6 Å². The molecule has 1 aliphatic carbocycles. The lowest BCUT2D eigenvalue weighted by Gasteiger charge is -2.55. The second-order valence-electron chi connectivity index (χ2n) is 11.6. The fraction of sp³-hybridized carbons (Fsp3) is 0.786. The predicted octanol–water partition coefficient (Wildman–Crippen LogP) is 4.51. The third kappa shape index (κ3) is 3.86. The normalized spacial score (nSPS) is 41.6. The molecular weight excluding hydrogens is 396 g/mol. The molecular formula is C28H43N2O2+. The second-order valence-corrected chi connectivity index (χ2v) is 11.6. The molecule has 0 saturated carbocycles. The molecule has 3 bridgehead atoms. The number of fused-ring (bicyclic) bond motifs is 1. The van der Waals surface area contributed by atoms with Gasteiger partial charge in [-0.05, 0) is 69.5 Å². The molecule has 5 rings (SSSR count). The summed E-state index contributed by atoms with van der Waals surface area (Å²) in [5.41, 5.74) is 2.27. The van der Waals surface area contributed by atoms with E-state index in [0.717, 1.165) is 51.6 Å². The molecule has 5 aliphatic rings. The van der Waals surface area contributed by atoms with E-state index in [1.54, 1.807) is 0 Å². The van der Waals surface area contributed by atoms with Crippen LogP contribution in [0.15, 0.2) is 23.8 Å². The van der Waals surface area contributed by atoms with Gasteiger partial charge in [0.15, 0.2) is 11.8 Å². The van der Waals surface area contributed by atoms with Crippen molar-refractivity contribution in [3.63, 3.8) is 0 Å². The molecule has 1 fully saturated rings. The van der Waals surface area contributed by atoms with Crippen LogP contribution in [0.3, 0.4) is 0 Å². The number of carbonyl (C=O) groups is 1. The van der Waals surface area contributed by atoms with E-state index >= 15 is 0 Å². The number of ketones is 1. The van der Waals surface area contributed by atoms with E-state index < -0.39 is 5.60 Å². The Hall–Kier alpha value is -1.26. The Morgan fingerprint density at radius 1 is 1.09 bits per heavy atom. The zero-order chi connectivity index (χ0) is 22.3. The van der Waals surface area contributed by atoms with Crippen molar-refractivity contribution in [2.45, 2.75) is 96.1 Å². The minimum absolute atomic E-state index is 0.0852. The highest BCUT2D eigenvalue weighted by Gasteiger charge is 2.68. The van der Waals surface area contributed by atoms with E-state index in [4.69, 9.17) is 0 Å². The van der Waals surface area contributed by atoms with Gasteiger partial charge in [0.1, 0.15) is 17.9 Å². The van der Waals surface area contributed by atoms with Crippen LogP contribution in [0.25, 0.3) is 0 Å². The minimum atomic E-state index is -0.789. The zero-order valence-electron chi connectivity index (χ0n) is 20.3. The molecule has 0 aromatic heterocycles. The van der Waals surface area contributed by atoms with E-state index in [-0.39, 0.29) is 11.5 Å². The Kier molecular flexibility index (Phi) is 6.22. The molecule has 4 heterocycles. The summed E-state index contributed by atoms with van der Waals surface area (Å²) >= 11 is 0. The largest absolute Gasteiger partial charge is 0.379 e. The van der Waals surface area contributed by atoms with Crippen LogP contribution in [0.1, 0.15) is 84.5 Å². The number of hydrogen-bond acceptors (Lipinski definition) is 3. The molecule has 1 unspecified atom stereocenters. The van der Waals surface area contributed by atoms with Crippen LogP contribution in [-0.4, -0.2) is 63.9 Å². The van der Waals surface area contributed by atoms with Crippen molar-refractivity contribution >= 4 is 11.5 Å². The first-order chi connectivity index (χ1) is 15.4. The second kappa shape index (κ2) is 8.83. The maximum absolute atomic E-state index is 12.5. The number of aliphatic hydroxyl groups is 1. The Labute approximate surface area is 194 Å². The molecule has 4 heteroatoms. The van der Waals surface area contributed by atoms with Gasteiger partial charge in [-0.2, -0.15) is 0 Å². The molecule has 0 aromatic rings. The summed E-state index contributed by atoms with van der Waals surface area (Å²) in [6, 6.07) is 0.155. The van der Waals surface area contributed by atoms with Crippen molar-refractivity contribution in [3.05, 3.63) is 23.8 Å². The average Bonchev–Trinajstić information content (AvgIpc) is 3.05. The number of nitrogens with zero attached hydrogens (tertiary/aromatic N) is 2. The Balaban J connectivity index is 1.64. The first kappa shape index (κ1) is 22.5. The monoisotopic (exact) mass is 439 g/mol. The van der Waals surface area contributed by atoms with Gasteiger partial charge in [0, 0.05) is 38.6 Å². The van der Waals surface area contributed by atoms with Crippen LogP contribution >= 0.6 is 0 Å². The predicted molar refractivity (Wildman–Crippen MR) is 129 cm³/mol. The number of Topliss-reactive ketones (excluding diaryl/α,β-unsaturated/α-hetero) is 1. The van der Waals surface area contributed by atoms with Crippen LogP contribution in [-0.2, 0) is 4.79 Å². The molecule has 0 amide bonds. The summed E-state index contributed by atoms with van der Waals surface area (Å²) in [5.74, 6) is 1.45. The van der Waals surface area contributed by atoms with Gasteiger partial charge in [0.2, 0.25) is 0 Å². The van der Waals surface area contributed by atoms with Crippen molar-refractivity contribution in [3.8, 4) is 0 Å². The van der Waals surface area contributed by atoms with Gasteiger partial charge in [-0.1, -0.05) is 31.6 Å². The van der Waals surface area contributed by atoms with E-state index in [0.29, 0.717) is 30.5 Å². The van der Waals surface area contributed by atoms with E-state index in [9.17, 15) is 9.90 Å². The molecule has 1 saturated heterocycles. The maximum atomic E-state index is 12.5. The summed E-state index contributed by atoms with van der Waals surface area (Å²) in [5, 5.41) is 12.5. The van der Waals surface area contributed by atoms with Gasteiger partial charge in [-0.25, -0.2) is 4.58 Å². The highest BCUT2D eigenvalue weighted by Crippen LogP contribution is 2.58. The van der Waals surface area contributed by atoms with E-state index in [1.807, 2.05) is 0 Å². The zero-order valence-corrected chi connectivity index (χ0v) is 20.3. The molecule has 1 N–H and O–H groups in total. The molecule has 1 spiro atoms. The van der Waals surface area contributed by atoms with Gasteiger partial charge < -0.3 is 10.0 Å². The highest BCUT2D eigenvalue weighted by molar-refractivity contribution is 5.88. The number of hydrogen-bond donors (Lipinski definition) is 1. The summed E-state index contributed by atoms with van der Waals surface area (Å²) in [4.78, 5) is 15.0. The van der Waals surface area contributed by atoms with Crippen molar-refractivity contribution < 1.29 is 14.5 Å². The average molecular weight is 440 g/mol. The molecule has 176 valence electrons. The Morgan fingerprint density at radius 2 is 1.94 bits per heavy atom. The van der Waals surface area contributed by atoms with Crippen LogP contribution in [0.5, 0.6) is 0 Å². The van der Waals surface area contributed by atoms with Gasteiger partial charge >= 0.3 is 0 Å². The molecule has 0 aromatic carbocycles. The van der Waals surface area contributed by atoms with Crippen LogP contribution in [0.2, 0.25) is 0 Å². The van der Waals surface area contributed by atoms with Crippen LogP contribution in [0.4, 0.5) is 0 Å². The number of rotatable bonds is 1. The smallest absolute Gasteiger partial charge is 0.192 e. The van der Waals surface area contributed by atoms with E-state index in [1.165, 1.54) is 43.6 Å². The van der Waals surface area contributed by atoms with Crippen LogP contribution in [0, 0.1) is 17.3 Å². The third-order valence-corrected chi connectivity index (χ3v) is 9.22. The van der Waals surface area contributed by atoms with Crippen molar-refractivity contribution in [1.29, 1.82) is 0 Å². The lowest BCUT2D eigenvalue weighted by molar-refractivity contribution is -0.593. The number of carbonyl (C=O) groups excluding carboxylic acids is 1. The van der Waals surface area contributed by atoms with Crippen molar-refractivity contribution in [2.75, 3.05) is 26.2 Å². The first-order valence-electron chi connectivity index (χ1n) is 13.4. The molecule has 0 radical (unpaired) electrons. The summed E-state index contributed by atoms with van der Waals surface area (Å²) in [6.07, 6.45) is 17.9. The molecule has 5 atom stereocenters. The maximum Gasteiger partial charge on any atom is 0.192 e. The third-order valence-electron chi connectivity index (χ3n) is 9.22. The molecule has 32 heavy (non-hydrogen) atoms. The highest BCUT2D eigenvalue weighted by atomic mass is 16.3. The summed E-state index contributed by atoms with van der Waals surface area (Å²) in [7, 11) is 0. The quantitative estimate of drug-likeness (QED) is 0.483. The molecule has 4 aliphatic heterocycles. The number of allylic oxidation sites excluding steroid dienone is 3. The first-order valence-corrected chi connectivity index (χ1v) is 13.4. The lowest BCUT2D eigenvalue weighted by atomic mass is 9.53. The summed E-state index contributed by atoms with van der Waals surface area (Å²) in [6.45, 7) is 9.06. The van der Waals surface area contributed by atoms with Crippen molar-refractivity contribution in [2.24, 2.45) is 17.3 Å².